The summed E-state index contributed by atoms with van der Waals surface area (Å²) in [5, 5.41) is 11.1. The molecule has 5 rings (SSSR count). The standard InChI is InChI=1S/C11H16O2.C10H16N/c12-10(13)11-4-7-1-8(5-11)3-9(2-7)6-11;1-11(2,3)9-10-7-5-4-6-8-10/h7-9H,1-6H2,(H,12,13);4-8H,9H2,1-3H3/q;+1/p-1. The number of benzene rings is 1. The minimum atomic E-state index is -0.758. The number of hydrogen-bond acceptors (Lipinski definition) is 2. The van der Waals surface area contributed by atoms with E-state index in [9.17, 15) is 9.90 Å². The Labute approximate surface area is 146 Å². The molecule has 0 amide bonds. The van der Waals surface area contributed by atoms with Crippen LogP contribution in [0.25, 0.3) is 0 Å². The maximum absolute atomic E-state index is 11.1. The van der Waals surface area contributed by atoms with Crippen molar-refractivity contribution in [1.82, 2.24) is 0 Å². The van der Waals surface area contributed by atoms with Crippen molar-refractivity contribution in [3.63, 3.8) is 0 Å². The van der Waals surface area contributed by atoms with Crippen LogP contribution in [-0.4, -0.2) is 31.6 Å². The summed E-state index contributed by atoms with van der Waals surface area (Å²) in [5.41, 5.74) is 1.01. The van der Waals surface area contributed by atoms with E-state index in [4.69, 9.17) is 0 Å². The molecule has 3 nitrogen and oxygen atoms in total. The molecule has 4 saturated carbocycles. The second-order valence-corrected chi connectivity index (χ2v) is 9.42. The van der Waals surface area contributed by atoms with Crippen molar-refractivity contribution in [2.75, 3.05) is 21.1 Å². The summed E-state index contributed by atoms with van der Waals surface area (Å²) in [6.45, 7) is 1.10. The van der Waals surface area contributed by atoms with Crippen LogP contribution in [0.2, 0.25) is 0 Å². The van der Waals surface area contributed by atoms with Crippen LogP contribution in [0.5, 0.6) is 0 Å². The number of carbonyl (C=O) groups is 1. The molecule has 0 N–H and O–H groups in total. The fourth-order valence-corrected chi connectivity index (χ4v) is 5.49. The van der Waals surface area contributed by atoms with Gasteiger partial charge in [0.15, 0.2) is 0 Å². The molecule has 0 aromatic heterocycles. The van der Waals surface area contributed by atoms with Gasteiger partial charge in [-0.1, -0.05) is 30.3 Å². The first-order valence-corrected chi connectivity index (χ1v) is 9.32. The van der Waals surface area contributed by atoms with Crippen LogP contribution in [0, 0.1) is 23.2 Å². The van der Waals surface area contributed by atoms with Gasteiger partial charge in [-0.2, -0.15) is 0 Å². The van der Waals surface area contributed by atoms with Gasteiger partial charge in [0.2, 0.25) is 0 Å². The average molecular weight is 329 g/mol. The monoisotopic (exact) mass is 329 g/mol. The van der Waals surface area contributed by atoms with Gasteiger partial charge in [-0.05, 0) is 56.3 Å². The molecule has 24 heavy (non-hydrogen) atoms. The largest absolute Gasteiger partial charge is 0.550 e. The van der Waals surface area contributed by atoms with Crippen molar-refractivity contribution in [1.29, 1.82) is 0 Å². The number of quaternary nitrogens is 1. The molecule has 0 heterocycles. The van der Waals surface area contributed by atoms with Crippen molar-refractivity contribution in [2.24, 2.45) is 23.2 Å². The van der Waals surface area contributed by atoms with Crippen LogP contribution in [-0.2, 0) is 11.3 Å². The van der Waals surface area contributed by atoms with Crippen molar-refractivity contribution in [3.05, 3.63) is 35.9 Å². The quantitative estimate of drug-likeness (QED) is 0.800. The van der Waals surface area contributed by atoms with E-state index in [0.29, 0.717) is 17.8 Å². The molecule has 0 saturated heterocycles. The molecule has 1 aromatic carbocycles. The van der Waals surface area contributed by atoms with Gasteiger partial charge in [0, 0.05) is 16.9 Å². The van der Waals surface area contributed by atoms with Crippen molar-refractivity contribution in [2.45, 2.75) is 45.1 Å². The van der Waals surface area contributed by atoms with Crippen LogP contribution >= 0.6 is 0 Å². The predicted octanol–water partition coefficient (Wildman–Crippen LogP) is 2.85. The van der Waals surface area contributed by atoms with E-state index in [0.717, 1.165) is 30.3 Å². The summed E-state index contributed by atoms with van der Waals surface area (Å²) in [6.07, 6.45) is 6.65. The van der Waals surface area contributed by atoms with E-state index in [1.165, 1.54) is 24.8 Å². The molecule has 4 fully saturated rings. The van der Waals surface area contributed by atoms with Gasteiger partial charge in [0.1, 0.15) is 6.54 Å². The van der Waals surface area contributed by atoms with Gasteiger partial charge < -0.3 is 14.4 Å². The van der Waals surface area contributed by atoms with E-state index in [1.807, 2.05) is 0 Å². The third-order valence-electron chi connectivity index (χ3n) is 5.97. The Hall–Kier alpha value is -1.35. The Bertz CT molecular complexity index is 538. The van der Waals surface area contributed by atoms with Crippen LogP contribution in [0.4, 0.5) is 0 Å². The van der Waals surface area contributed by atoms with Gasteiger partial charge in [0.05, 0.1) is 21.1 Å². The minimum absolute atomic E-state index is 0.394. The molecule has 132 valence electrons. The zero-order valence-corrected chi connectivity index (χ0v) is 15.3. The smallest absolute Gasteiger partial charge is 0.104 e. The Morgan fingerprint density at radius 1 is 1.00 bits per heavy atom. The maximum Gasteiger partial charge on any atom is 0.104 e. The molecule has 0 unspecified atom stereocenters. The van der Waals surface area contributed by atoms with Gasteiger partial charge in [-0.25, -0.2) is 0 Å². The summed E-state index contributed by atoms with van der Waals surface area (Å²) in [4.78, 5) is 11.1. The van der Waals surface area contributed by atoms with Crippen LogP contribution in [0.1, 0.15) is 44.1 Å². The molecule has 1 aromatic rings. The third kappa shape index (κ3) is 4.00. The fourth-order valence-electron chi connectivity index (χ4n) is 5.49. The highest BCUT2D eigenvalue weighted by molar-refractivity contribution is 5.73. The van der Waals surface area contributed by atoms with Crippen LogP contribution < -0.4 is 5.11 Å². The molecule has 0 aliphatic heterocycles. The zero-order valence-electron chi connectivity index (χ0n) is 15.3. The molecule has 4 aliphatic rings. The number of aliphatic carboxylic acids is 1. The molecule has 3 heteroatoms. The first-order chi connectivity index (χ1) is 11.3. The van der Waals surface area contributed by atoms with Crippen LogP contribution in [0.3, 0.4) is 0 Å². The molecule has 4 aliphatic carbocycles. The highest BCUT2D eigenvalue weighted by Crippen LogP contribution is 2.59. The van der Waals surface area contributed by atoms with Crippen molar-refractivity contribution >= 4 is 5.97 Å². The summed E-state index contributed by atoms with van der Waals surface area (Å²) >= 11 is 0. The highest BCUT2D eigenvalue weighted by atomic mass is 16.4. The highest BCUT2D eigenvalue weighted by Gasteiger charge is 2.51. The Kier molecular flexibility index (Phi) is 4.74. The summed E-state index contributed by atoms with van der Waals surface area (Å²) in [6, 6.07) is 10.6. The number of hydrogen-bond donors (Lipinski definition) is 0. The maximum atomic E-state index is 11.1. The van der Waals surface area contributed by atoms with Crippen LogP contribution in [0.15, 0.2) is 30.3 Å². The van der Waals surface area contributed by atoms with E-state index >= 15 is 0 Å². The van der Waals surface area contributed by atoms with E-state index < -0.39 is 11.4 Å². The first kappa shape index (κ1) is 17.5. The molecular weight excluding hydrogens is 298 g/mol. The molecule has 0 radical (unpaired) electrons. The van der Waals surface area contributed by atoms with Gasteiger partial charge in [-0.3, -0.25) is 0 Å². The summed E-state index contributed by atoms with van der Waals surface area (Å²) in [5.74, 6) is 1.38. The lowest BCUT2D eigenvalue weighted by Gasteiger charge is -2.57. The number of carboxylic acids is 1. The molecular formula is C21H31NO2. The van der Waals surface area contributed by atoms with E-state index in [1.54, 1.807) is 0 Å². The number of rotatable bonds is 3. The van der Waals surface area contributed by atoms with Gasteiger partial charge in [0.25, 0.3) is 0 Å². The SMILES string of the molecule is C[N+](C)(C)Cc1ccccc1.O=C([O-])C12CC3CC(CC(C3)C1)C2. The second kappa shape index (κ2) is 6.51. The molecule has 0 atom stereocenters. The Balaban J connectivity index is 0.000000144. The summed E-state index contributed by atoms with van der Waals surface area (Å²) < 4.78 is 0.990. The summed E-state index contributed by atoms with van der Waals surface area (Å²) in [7, 11) is 6.60. The van der Waals surface area contributed by atoms with Crippen molar-refractivity contribution in [3.8, 4) is 0 Å². The number of carbonyl (C=O) groups excluding carboxylic acids is 1. The topological polar surface area (TPSA) is 40.1 Å². The molecule has 4 bridgehead atoms. The van der Waals surface area contributed by atoms with E-state index in [-0.39, 0.29) is 0 Å². The number of nitrogens with zero attached hydrogens (tertiary/aromatic N) is 1. The number of carboxylic acid groups (broad SMARTS) is 1. The minimum Gasteiger partial charge on any atom is -0.550 e. The van der Waals surface area contributed by atoms with Gasteiger partial charge >= 0.3 is 0 Å². The lowest BCUT2D eigenvalue weighted by molar-refractivity contribution is -0.884. The molecule has 0 spiro atoms. The third-order valence-corrected chi connectivity index (χ3v) is 5.97. The van der Waals surface area contributed by atoms with Crippen molar-refractivity contribution < 1.29 is 14.4 Å². The van der Waals surface area contributed by atoms with Gasteiger partial charge in [-0.15, -0.1) is 0 Å². The first-order valence-electron chi connectivity index (χ1n) is 9.32. The fraction of sp³-hybridized carbons (Fsp3) is 0.667. The van der Waals surface area contributed by atoms with E-state index in [2.05, 4.69) is 51.5 Å². The average Bonchev–Trinajstić information content (AvgIpc) is 2.45. The lowest BCUT2D eigenvalue weighted by atomic mass is 9.49. The normalized spacial score (nSPS) is 33.7. The lowest BCUT2D eigenvalue weighted by Crippen LogP contribution is -2.54. The Morgan fingerprint density at radius 2 is 1.46 bits per heavy atom. The Morgan fingerprint density at radius 3 is 1.83 bits per heavy atom. The zero-order chi connectivity index (χ0) is 17.4. The predicted molar refractivity (Wildman–Crippen MR) is 93.8 cm³/mol. The second-order valence-electron chi connectivity index (χ2n) is 9.42.